The van der Waals surface area contributed by atoms with Gasteiger partial charge in [-0.15, -0.1) is 0 Å². The summed E-state index contributed by atoms with van der Waals surface area (Å²) in [6.45, 7) is 3.78. The number of nitrogens with zero attached hydrogens (tertiary/aromatic N) is 1. The Balaban J connectivity index is 2.02. The molecule has 0 radical (unpaired) electrons. The van der Waals surface area contributed by atoms with E-state index in [2.05, 4.69) is 11.8 Å². The predicted molar refractivity (Wildman–Crippen MR) is 74.7 cm³/mol. The van der Waals surface area contributed by atoms with Gasteiger partial charge in [-0.25, -0.2) is 0 Å². The van der Waals surface area contributed by atoms with Crippen LogP contribution >= 0.6 is 0 Å². The number of benzene rings is 1. The number of anilines is 1. The first-order chi connectivity index (χ1) is 8.70. The van der Waals surface area contributed by atoms with Crippen molar-refractivity contribution in [3.8, 4) is 0 Å². The monoisotopic (exact) mass is 246 g/mol. The van der Waals surface area contributed by atoms with Crippen molar-refractivity contribution >= 4 is 11.5 Å². The highest BCUT2D eigenvalue weighted by molar-refractivity contribution is 5.98. The molecule has 0 aliphatic carbocycles. The molecule has 0 saturated carbocycles. The first-order valence-corrected chi connectivity index (χ1v) is 6.83. The van der Waals surface area contributed by atoms with E-state index in [0.717, 1.165) is 18.5 Å². The van der Waals surface area contributed by atoms with Crippen LogP contribution < -0.4 is 5.73 Å². The van der Waals surface area contributed by atoms with Crippen LogP contribution in [0, 0.1) is 0 Å². The van der Waals surface area contributed by atoms with Crippen LogP contribution in [0.15, 0.2) is 24.3 Å². The summed E-state index contributed by atoms with van der Waals surface area (Å²) in [4.78, 5) is 14.6. The topological polar surface area (TPSA) is 46.3 Å². The fourth-order valence-corrected chi connectivity index (χ4v) is 2.72. The predicted octanol–water partition coefficient (Wildman–Crippen LogP) is 2.72. The summed E-state index contributed by atoms with van der Waals surface area (Å²) < 4.78 is 0. The van der Waals surface area contributed by atoms with Crippen LogP contribution in [0.4, 0.5) is 5.69 Å². The maximum Gasteiger partial charge on any atom is 0.176 e. The number of nitrogens with two attached hydrogens (primary N) is 1. The number of carbonyl (C=O) groups is 1. The smallest absolute Gasteiger partial charge is 0.176 e. The van der Waals surface area contributed by atoms with Crippen LogP contribution in [0.2, 0.25) is 0 Å². The number of hydrogen-bond acceptors (Lipinski definition) is 3. The van der Waals surface area contributed by atoms with Gasteiger partial charge in [0.25, 0.3) is 0 Å². The Kier molecular flexibility index (Phi) is 4.37. The van der Waals surface area contributed by atoms with Gasteiger partial charge in [-0.2, -0.15) is 0 Å². The second-order valence-electron chi connectivity index (χ2n) is 5.08. The van der Waals surface area contributed by atoms with Gasteiger partial charge in [0.15, 0.2) is 5.78 Å². The molecule has 1 atom stereocenters. The molecule has 98 valence electrons. The van der Waals surface area contributed by atoms with Crippen LogP contribution in [0.3, 0.4) is 0 Å². The molecule has 1 unspecified atom stereocenters. The third-order valence-electron chi connectivity index (χ3n) is 3.78. The average molecular weight is 246 g/mol. The van der Waals surface area contributed by atoms with E-state index in [9.17, 15) is 4.79 Å². The number of piperidine rings is 1. The van der Waals surface area contributed by atoms with Crippen molar-refractivity contribution in [2.24, 2.45) is 0 Å². The first kappa shape index (κ1) is 13.1. The summed E-state index contributed by atoms with van der Waals surface area (Å²) in [6.07, 6.45) is 4.85. The van der Waals surface area contributed by atoms with Gasteiger partial charge < -0.3 is 5.73 Å². The van der Waals surface area contributed by atoms with Crippen molar-refractivity contribution in [2.45, 2.75) is 38.6 Å². The van der Waals surface area contributed by atoms with Gasteiger partial charge in [0.2, 0.25) is 0 Å². The molecule has 3 heteroatoms. The molecule has 1 aliphatic heterocycles. The zero-order valence-corrected chi connectivity index (χ0v) is 11.1. The maximum atomic E-state index is 12.2. The van der Waals surface area contributed by atoms with E-state index in [4.69, 9.17) is 5.73 Å². The van der Waals surface area contributed by atoms with Gasteiger partial charge in [0.1, 0.15) is 0 Å². The zero-order valence-electron chi connectivity index (χ0n) is 11.1. The average Bonchev–Trinajstić information content (AvgIpc) is 2.39. The molecule has 0 bridgehead atoms. The molecule has 1 aromatic carbocycles. The van der Waals surface area contributed by atoms with E-state index < -0.39 is 0 Å². The van der Waals surface area contributed by atoms with Crippen molar-refractivity contribution in [1.82, 2.24) is 4.90 Å². The zero-order chi connectivity index (χ0) is 13.0. The van der Waals surface area contributed by atoms with Crippen molar-refractivity contribution in [3.05, 3.63) is 29.8 Å². The third-order valence-corrected chi connectivity index (χ3v) is 3.78. The molecule has 1 saturated heterocycles. The maximum absolute atomic E-state index is 12.2. The highest BCUT2D eigenvalue weighted by Crippen LogP contribution is 2.20. The normalized spacial score (nSPS) is 20.8. The minimum atomic E-state index is 0.183. The number of carbonyl (C=O) groups excluding carboxylic acids is 1. The van der Waals surface area contributed by atoms with E-state index >= 15 is 0 Å². The summed E-state index contributed by atoms with van der Waals surface area (Å²) >= 11 is 0. The first-order valence-electron chi connectivity index (χ1n) is 6.83. The van der Waals surface area contributed by atoms with Crippen LogP contribution in [0.1, 0.15) is 43.0 Å². The summed E-state index contributed by atoms with van der Waals surface area (Å²) in [6, 6.07) is 7.85. The largest absolute Gasteiger partial charge is 0.399 e. The Bertz CT molecular complexity index is 417. The summed E-state index contributed by atoms with van der Waals surface area (Å²) in [5.74, 6) is 0.183. The van der Waals surface area contributed by atoms with Gasteiger partial charge >= 0.3 is 0 Å². The quantitative estimate of drug-likeness (QED) is 0.656. The fourth-order valence-electron chi connectivity index (χ4n) is 2.72. The van der Waals surface area contributed by atoms with Crippen LogP contribution in [-0.2, 0) is 0 Å². The standard InChI is InChI=1S/C15H22N2O/c1-2-14-8-3-4-9-17(14)11-15(18)12-6-5-7-13(16)10-12/h5-7,10,14H,2-4,8-9,11,16H2,1H3. The minimum Gasteiger partial charge on any atom is -0.399 e. The molecule has 0 amide bonds. The summed E-state index contributed by atoms with van der Waals surface area (Å²) in [5.41, 5.74) is 7.11. The second-order valence-corrected chi connectivity index (χ2v) is 5.08. The molecule has 18 heavy (non-hydrogen) atoms. The van der Waals surface area contributed by atoms with Crippen LogP contribution in [0.25, 0.3) is 0 Å². The van der Waals surface area contributed by atoms with Crippen molar-refractivity contribution in [2.75, 3.05) is 18.8 Å². The number of likely N-dealkylation sites (tertiary alicyclic amines) is 1. The third kappa shape index (κ3) is 3.10. The summed E-state index contributed by atoms with van der Waals surface area (Å²) in [5, 5.41) is 0. The molecule has 1 aromatic rings. The number of ketones is 1. The molecule has 3 nitrogen and oxygen atoms in total. The van der Waals surface area contributed by atoms with Gasteiger partial charge in [0, 0.05) is 17.3 Å². The van der Waals surface area contributed by atoms with Crippen molar-refractivity contribution in [3.63, 3.8) is 0 Å². The van der Waals surface area contributed by atoms with E-state index in [1.54, 1.807) is 6.07 Å². The SMILES string of the molecule is CCC1CCCCN1CC(=O)c1cccc(N)c1. The second kappa shape index (κ2) is 6.01. The van der Waals surface area contributed by atoms with Crippen LogP contribution in [-0.4, -0.2) is 29.8 Å². The van der Waals surface area contributed by atoms with Crippen molar-refractivity contribution < 1.29 is 4.79 Å². The number of nitrogen functional groups attached to an aromatic ring is 1. The Morgan fingerprint density at radius 1 is 1.44 bits per heavy atom. The minimum absolute atomic E-state index is 0.183. The molecule has 0 spiro atoms. The molecule has 1 fully saturated rings. The molecule has 0 aromatic heterocycles. The summed E-state index contributed by atoms with van der Waals surface area (Å²) in [7, 11) is 0. The van der Waals surface area contributed by atoms with Gasteiger partial charge in [-0.3, -0.25) is 9.69 Å². The van der Waals surface area contributed by atoms with E-state index in [1.807, 2.05) is 18.2 Å². The lowest BCUT2D eigenvalue weighted by Crippen LogP contribution is -2.42. The van der Waals surface area contributed by atoms with Gasteiger partial charge in [-0.05, 0) is 37.9 Å². The Labute approximate surface area is 109 Å². The Hall–Kier alpha value is -1.35. The molecular formula is C15H22N2O. The number of rotatable bonds is 4. The molecule has 1 aliphatic rings. The lowest BCUT2D eigenvalue weighted by Gasteiger charge is -2.34. The van der Waals surface area contributed by atoms with E-state index in [0.29, 0.717) is 18.3 Å². The Morgan fingerprint density at radius 2 is 2.28 bits per heavy atom. The number of Topliss-reactive ketones (excluding diaryl/α,β-unsaturated/α-hetero) is 1. The lowest BCUT2D eigenvalue weighted by molar-refractivity contribution is 0.0838. The van der Waals surface area contributed by atoms with Crippen molar-refractivity contribution in [1.29, 1.82) is 0 Å². The lowest BCUT2D eigenvalue weighted by atomic mass is 9.99. The molecule has 2 rings (SSSR count). The van der Waals surface area contributed by atoms with E-state index in [-0.39, 0.29) is 5.78 Å². The number of hydrogen-bond donors (Lipinski definition) is 1. The Morgan fingerprint density at radius 3 is 3.00 bits per heavy atom. The highest BCUT2D eigenvalue weighted by atomic mass is 16.1. The molecular weight excluding hydrogens is 224 g/mol. The van der Waals surface area contributed by atoms with Gasteiger partial charge in [0.05, 0.1) is 6.54 Å². The molecule has 2 N–H and O–H groups in total. The molecule has 1 heterocycles. The highest BCUT2D eigenvalue weighted by Gasteiger charge is 2.23. The fraction of sp³-hybridized carbons (Fsp3) is 0.533. The van der Waals surface area contributed by atoms with E-state index in [1.165, 1.54) is 19.3 Å². The van der Waals surface area contributed by atoms with Gasteiger partial charge in [-0.1, -0.05) is 25.5 Å². The van der Waals surface area contributed by atoms with Crippen LogP contribution in [0.5, 0.6) is 0 Å².